The van der Waals surface area contributed by atoms with Crippen molar-refractivity contribution >= 4 is 5.69 Å². The number of aliphatic hydroxyl groups excluding tert-OH is 1. The molecule has 37 heavy (non-hydrogen) atoms. The molecule has 2 aliphatic rings. The van der Waals surface area contributed by atoms with Crippen LogP contribution in [-0.2, 0) is 29.0 Å². The van der Waals surface area contributed by atoms with E-state index in [2.05, 4.69) is 24.0 Å². The van der Waals surface area contributed by atoms with E-state index in [1.165, 1.54) is 11.1 Å². The van der Waals surface area contributed by atoms with Gasteiger partial charge < -0.3 is 29.8 Å². The van der Waals surface area contributed by atoms with Crippen LogP contribution in [0.15, 0.2) is 60.7 Å². The van der Waals surface area contributed by atoms with Crippen LogP contribution in [0.3, 0.4) is 0 Å². The second-order valence-corrected chi connectivity index (χ2v) is 9.95. The molecule has 1 saturated heterocycles. The highest BCUT2D eigenvalue weighted by molar-refractivity contribution is 5.48. The first-order valence-corrected chi connectivity index (χ1v) is 12.8. The zero-order chi connectivity index (χ0) is 25.9. The summed E-state index contributed by atoms with van der Waals surface area (Å²) in [6.07, 6.45) is 0.218. The number of benzene rings is 3. The highest BCUT2D eigenvalue weighted by Gasteiger charge is 2.39. The van der Waals surface area contributed by atoms with Gasteiger partial charge in [-0.1, -0.05) is 43.3 Å². The molecule has 2 aliphatic heterocycles. The van der Waals surface area contributed by atoms with Crippen molar-refractivity contribution in [3.8, 4) is 11.5 Å². The van der Waals surface area contributed by atoms with Crippen LogP contribution >= 0.6 is 0 Å². The predicted octanol–water partition coefficient (Wildman–Crippen LogP) is 4.63. The van der Waals surface area contributed by atoms with Gasteiger partial charge in [-0.2, -0.15) is 0 Å². The molecule has 0 radical (unpaired) electrons. The maximum absolute atomic E-state index is 9.48. The van der Waals surface area contributed by atoms with Gasteiger partial charge in [-0.25, -0.2) is 0 Å². The third kappa shape index (κ3) is 5.45. The Morgan fingerprint density at radius 2 is 1.68 bits per heavy atom. The molecule has 0 unspecified atom stereocenters. The minimum atomic E-state index is -0.520. The number of hydrogen-bond donors (Lipinski definition) is 2. The number of ether oxygens (including phenoxy) is 4. The number of nitrogens with zero attached hydrogens (tertiary/aromatic N) is 1. The van der Waals surface area contributed by atoms with Crippen LogP contribution in [-0.4, -0.2) is 43.4 Å². The summed E-state index contributed by atoms with van der Waals surface area (Å²) in [6, 6.07) is 19.9. The van der Waals surface area contributed by atoms with E-state index in [1.54, 1.807) is 14.2 Å². The lowest BCUT2D eigenvalue weighted by Crippen LogP contribution is -2.45. The third-order valence-electron chi connectivity index (χ3n) is 7.54. The smallest absolute Gasteiger partial charge is 0.185 e. The maximum Gasteiger partial charge on any atom is 0.185 e. The first-order chi connectivity index (χ1) is 18.0. The number of methoxy groups -OCH3 is 2. The van der Waals surface area contributed by atoms with Gasteiger partial charge in [0.25, 0.3) is 0 Å². The number of nitrogens with two attached hydrogens (primary N) is 1. The molecule has 0 amide bonds. The molecule has 1 fully saturated rings. The Hall–Kier alpha value is -3.10. The summed E-state index contributed by atoms with van der Waals surface area (Å²) in [6.45, 7) is 4.75. The molecule has 2 heterocycles. The Morgan fingerprint density at radius 1 is 0.946 bits per heavy atom. The van der Waals surface area contributed by atoms with Crippen molar-refractivity contribution in [2.24, 2.45) is 5.92 Å². The zero-order valence-corrected chi connectivity index (χ0v) is 21.7. The Labute approximate surface area is 218 Å². The van der Waals surface area contributed by atoms with Crippen molar-refractivity contribution in [3.63, 3.8) is 0 Å². The van der Waals surface area contributed by atoms with Gasteiger partial charge >= 0.3 is 0 Å². The molecule has 0 bridgehead atoms. The van der Waals surface area contributed by atoms with E-state index in [0.717, 1.165) is 54.2 Å². The van der Waals surface area contributed by atoms with Crippen LogP contribution in [0.4, 0.5) is 5.69 Å². The number of hydrogen-bond acceptors (Lipinski definition) is 7. The molecule has 0 saturated carbocycles. The van der Waals surface area contributed by atoms with Gasteiger partial charge in [-0.05, 0) is 52.9 Å². The van der Waals surface area contributed by atoms with Gasteiger partial charge in [0.2, 0.25) is 0 Å². The number of rotatable bonds is 7. The molecule has 0 spiro atoms. The highest BCUT2D eigenvalue weighted by Crippen LogP contribution is 2.42. The summed E-state index contributed by atoms with van der Waals surface area (Å²) in [4.78, 5) is 2.45. The molecule has 4 atom stereocenters. The first kappa shape index (κ1) is 25.5. The second kappa shape index (κ2) is 11.1. The molecule has 196 valence electrons. The van der Waals surface area contributed by atoms with Crippen molar-refractivity contribution < 1.29 is 24.1 Å². The maximum atomic E-state index is 9.48. The minimum absolute atomic E-state index is 0.0199. The monoisotopic (exact) mass is 504 g/mol. The average molecular weight is 505 g/mol. The molecule has 3 aromatic carbocycles. The summed E-state index contributed by atoms with van der Waals surface area (Å²) in [5.41, 5.74) is 12.2. The average Bonchev–Trinajstić information content (AvgIpc) is 2.93. The fourth-order valence-electron chi connectivity index (χ4n) is 5.39. The largest absolute Gasteiger partial charge is 0.493 e. The molecule has 0 aromatic heterocycles. The molecule has 3 N–H and O–H groups in total. The molecular formula is C30H36N2O5. The van der Waals surface area contributed by atoms with Gasteiger partial charge in [0.05, 0.1) is 33.0 Å². The Kier molecular flexibility index (Phi) is 7.67. The minimum Gasteiger partial charge on any atom is -0.493 e. The lowest BCUT2D eigenvalue weighted by atomic mass is 9.89. The van der Waals surface area contributed by atoms with Crippen molar-refractivity contribution in [1.82, 2.24) is 4.90 Å². The van der Waals surface area contributed by atoms with E-state index >= 15 is 0 Å². The standard InChI is InChI=1S/C30H36N2O5/c1-19-28(17-32-12-11-22-14-26(34-2)27(35-3)15-24(22)16-32)36-30(23-5-4-6-25(31)13-23)37-29(19)21-9-7-20(18-33)8-10-21/h4-10,13-15,19,28-30,33H,11-12,16-18,31H2,1-3H3/t19-,28+,29+,30+/m1/s1. The van der Waals surface area contributed by atoms with Crippen LogP contribution in [0.1, 0.15) is 47.1 Å². The van der Waals surface area contributed by atoms with Gasteiger partial charge in [0.15, 0.2) is 17.8 Å². The van der Waals surface area contributed by atoms with Gasteiger partial charge in [-0.3, -0.25) is 4.90 Å². The number of aliphatic hydroxyl groups is 1. The fraction of sp³-hybridized carbons (Fsp3) is 0.400. The van der Waals surface area contributed by atoms with Crippen LogP contribution in [0, 0.1) is 5.92 Å². The first-order valence-electron chi connectivity index (χ1n) is 12.8. The quantitative estimate of drug-likeness (QED) is 0.454. The van der Waals surface area contributed by atoms with E-state index < -0.39 is 6.29 Å². The van der Waals surface area contributed by atoms with E-state index in [0.29, 0.717) is 5.69 Å². The lowest BCUT2D eigenvalue weighted by molar-refractivity contribution is -0.276. The topological polar surface area (TPSA) is 86.4 Å². The number of nitrogen functional groups attached to an aromatic ring is 1. The molecule has 7 heteroatoms. The van der Waals surface area contributed by atoms with E-state index in [4.69, 9.17) is 24.7 Å². The van der Waals surface area contributed by atoms with Gasteiger partial charge in [0.1, 0.15) is 0 Å². The third-order valence-corrected chi connectivity index (χ3v) is 7.54. The highest BCUT2D eigenvalue weighted by atomic mass is 16.7. The molecule has 3 aromatic rings. The Balaban J connectivity index is 1.39. The van der Waals surface area contributed by atoms with Gasteiger partial charge in [0, 0.05) is 36.8 Å². The molecule has 0 aliphatic carbocycles. The number of fused-ring (bicyclic) bond motifs is 1. The van der Waals surface area contributed by atoms with Gasteiger partial charge in [-0.15, -0.1) is 0 Å². The van der Waals surface area contributed by atoms with Crippen molar-refractivity contribution in [2.75, 3.05) is 33.0 Å². The van der Waals surface area contributed by atoms with Crippen LogP contribution in [0.25, 0.3) is 0 Å². The zero-order valence-electron chi connectivity index (χ0n) is 21.7. The molecule has 5 rings (SSSR count). The van der Waals surface area contributed by atoms with Crippen LogP contribution in [0.5, 0.6) is 11.5 Å². The summed E-state index contributed by atoms with van der Waals surface area (Å²) in [5.74, 6) is 1.65. The lowest BCUT2D eigenvalue weighted by Gasteiger charge is -2.43. The summed E-state index contributed by atoms with van der Waals surface area (Å²) in [7, 11) is 3.35. The Morgan fingerprint density at radius 3 is 2.35 bits per heavy atom. The van der Waals surface area contributed by atoms with Crippen molar-refractivity contribution in [1.29, 1.82) is 0 Å². The molecular weight excluding hydrogens is 468 g/mol. The summed E-state index contributed by atoms with van der Waals surface area (Å²) < 4.78 is 24.2. The summed E-state index contributed by atoms with van der Waals surface area (Å²) in [5, 5.41) is 9.48. The van der Waals surface area contributed by atoms with Crippen LogP contribution in [0.2, 0.25) is 0 Å². The predicted molar refractivity (Wildman–Crippen MR) is 142 cm³/mol. The summed E-state index contributed by atoms with van der Waals surface area (Å²) >= 11 is 0. The number of anilines is 1. The molecule has 7 nitrogen and oxygen atoms in total. The van der Waals surface area contributed by atoms with Crippen LogP contribution < -0.4 is 15.2 Å². The van der Waals surface area contributed by atoms with E-state index in [9.17, 15) is 5.11 Å². The van der Waals surface area contributed by atoms with E-state index in [1.807, 2.05) is 48.5 Å². The van der Waals surface area contributed by atoms with E-state index in [-0.39, 0.29) is 24.7 Å². The van der Waals surface area contributed by atoms with Crippen molar-refractivity contribution in [2.45, 2.75) is 45.0 Å². The second-order valence-electron chi connectivity index (χ2n) is 9.95. The Bertz CT molecular complexity index is 1220. The fourth-order valence-corrected chi connectivity index (χ4v) is 5.39. The SMILES string of the molecule is COc1cc2c(cc1OC)CN(C[C@@H]1O[C@H](c3cccc(N)c3)O[C@H](c3ccc(CO)cc3)[C@@H]1C)CC2. The van der Waals surface area contributed by atoms with Crippen molar-refractivity contribution in [3.05, 3.63) is 88.5 Å². The normalized spacial score (nSPS) is 23.9.